The molecule has 21 heavy (non-hydrogen) atoms. The van der Waals surface area contributed by atoms with Crippen LogP contribution in [0.4, 0.5) is 5.69 Å². The molecular formula is C16H25NO4. The molecule has 2 rings (SSSR count). The van der Waals surface area contributed by atoms with Gasteiger partial charge >= 0.3 is 5.97 Å². The van der Waals surface area contributed by atoms with Gasteiger partial charge in [0.15, 0.2) is 5.79 Å². The molecule has 5 nitrogen and oxygen atoms in total. The van der Waals surface area contributed by atoms with Gasteiger partial charge in [-0.3, -0.25) is 0 Å². The molecular weight excluding hydrogens is 270 g/mol. The Hall–Kier alpha value is -1.59. The Bertz CT molecular complexity index is 442. The Kier molecular flexibility index (Phi) is 6.65. The molecule has 1 atom stereocenters. The minimum Gasteiger partial charge on any atom is -0.478 e. The summed E-state index contributed by atoms with van der Waals surface area (Å²) in [6.45, 7) is 9.58. The first-order valence-corrected chi connectivity index (χ1v) is 7.23. The van der Waals surface area contributed by atoms with Crippen molar-refractivity contribution >= 4 is 11.7 Å². The van der Waals surface area contributed by atoms with Crippen LogP contribution in [-0.2, 0) is 9.47 Å². The van der Waals surface area contributed by atoms with Crippen LogP contribution in [0.3, 0.4) is 0 Å². The van der Waals surface area contributed by atoms with Crippen LogP contribution in [-0.4, -0.2) is 36.1 Å². The standard InChI is InChI=1S/C10H13NO2.C6H12O2/c1-2-7-11-9-5-3-8(4-6-9)10(12)13;1-5-4-7-6(2,3)8-5/h3-6,11H,2,7H2,1H3,(H,12,13);5H,4H2,1-3H3/t;5-/m.0/s1. The van der Waals surface area contributed by atoms with Crippen LogP contribution in [0, 0.1) is 0 Å². The topological polar surface area (TPSA) is 67.8 Å². The van der Waals surface area contributed by atoms with E-state index in [-0.39, 0.29) is 11.9 Å². The van der Waals surface area contributed by atoms with Gasteiger partial charge in [0.2, 0.25) is 0 Å². The van der Waals surface area contributed by atoms with Crippen LogP contribution in [0.1, 0.15) is 44.5 Å². The molecule has 1 aromatic carbocycles. The van der Waals surface area contributed by atoms with Crippen LogP contribution in [0.25, 0.3) is 0 Å². The highest BCUT2D eigenvalue weighted by molar-refractivity contribution is 5.87. The predicted molar refractivity (Wildman–Crippen MR) is 82.8 cm³/mol. The fourth-order valence-corrected chi connectivity index (χ4v) is 1.87. The Morgan fingerprint density at radius 3 is 2.33 bits per heavy atom. The second kappa shape index (κ2) is 8.00. The van der Waals surface area contributed by atoms with Crippen molar-refractivity contribution in [3.8, 4) is 0 Å². The average molecular weight is 295 g/mol. The van der Waals surface area contributed by atoms with Gasteiger partial charge in [0.1, 0.15) is 0 Å². The van der Waals surface area contributed by atoms with E-state index in [4.69, 9.17) is 14.6 Å². The molecule has 0 radical (unpaired) electrons. The predicted octanol–water partition coefficient (Wildman–Crippen LogP) is 3.36. The minimum atomic E-state index is -0.887. The molecule has 1 aliphatic heterocycles. The second-order valence-electron chi connectivity index (χ2n) is 5.45. The van der Waals surface area contributed by atoms with E-state index in [0.717, 1.165) is 25.3 Å². The molecule has 1 heterocycles. The van der Waals surface area contributed by atoms with Crippen molar-refractivity contribution in [3.05, 3.63) is 29.8 Å². The third-order valence-corrected chi connectivity index (χ3v) is 2.86. The minimum absolute atomic E-state index is 0.269. The molecule has 1 aliphatic rings. The summed E-state index contributed by atoms with van der Waals surface area (Å²) >= 11 is 0. The van der Waals surface area contributed by atoms with Gasteiger partial charge < -0.3 is 19.9 Å². The molecule has 5 heteroatoms. The highest BCUT2D eigenvalue weighted by atomic mass is 16.7. The first kappa shape index (κ1) is 17.5. The lowest BCUT2D eigenvalue weighted by molar-refractivity contribution is -0.136. The zero-order valence-corrected chi connectivity index (χ0v) is 13.2. The van der Waals surface area contributed by atoms with Gasteiger partial charge in [-0.15, -0.1) is 0 Å². The molecule has 0 unspecified atom stereocenters. The molecule has 1 fully saturated rings. The number of anilines is 1. The quantitative estimate of drug-likeness (QED) is 0.891. The summed E-state index contributed by atoms with van der Waals surface area (Å²) < 4.78 is 10.6. The van der Waals surface area contributed by atoms with Gasteiger partial charge in [0, 0.05) is 12.2 Å². The molecule has 2 N–H and O–H groups in total. The fraction of sp³-hybridized carbons (Fsp3) is 0.562. The van der Waals surface area contributed by atoms with Crippen LogP contribution in [0.5, 0.6) is 0 Å². The van der Waals surface area contributed by atoms with Crippen LogP contribution >= 0.6 is 0 Å². The highest BCUT2D eigenvalue weighted by Crippen LogP contribution is 2.21. The van der Waals surface area contributed by atoms with Gasteiger partial charge in [-0.2, -0.15) is 0 Å². The van der Waals surface area contributed by atoms with Gasteiger partial charge in [0.05, 0.1) is 18.3 Å². The van der Waals surface area contributed by atoms with Crippen LogP contribution in [0.15, 0.2) is 24.3 Å². The fourth-order valence-electron chi connectivity index (χ4n) is 1.87. The number of carboxylic acids is 1. The van der Waals surface area contributed by atoms with Crippen LogP contribution in [0.2, 0.25) is 0 Å². The first-order valence-electron chi connectivity index (χ1n) is 7.23. The van der Waals surface area contributed by atoms with Crippen molar-refractivity contribution in [1.29, 1.82) is 0 Å². The zero-order chi connectivity index (χ0) is 15.9. The van der Waals surface area contributed by atoms with Gasteiger partial charge in [0.25, 0.3) is 0 Å². The van der Waals surface area contributed by atoms with Gasteiger partial charge in [-0.05, 0) is 51.5 Å². The monoisotopic (exact) mass is 295 g/mol. The maximum atomic E-state index is 10.5. The molecule has 118 valence electrons. The number of aromatic carboxylic acids is 1. The maximum Gasteiger partial charge on any atom is 0.335 e. The number of carboxylic acid groups (broad SMARTS) is 1. The summed E-state index contributed by atoms with van der Waals surface area (Å²) in [5.41, 5.74) is 1.29. The summed E-state index contributed by atoms with van der Waals surface area (Å²) in [4.78, 5) is 10.5. The Morgan fingerprint density at radius 2 is 2.00 bits per heavy atom. The van der Waals surface area contributed by atoms with E-state index in [2.05, 4.69) is 12.2 Å². The number of hydrogen-bond donors (Lipinski definition) is 2. The Morgan fingerprint density at radius 1 is 1.38 bits per heavy atom. The van der Waals surface area contributed by atoms with Crippen molar-refractivity contribution < 1.29 is 19.4 Å². The Labute approximate surface area is 126 Å². The van der Waals surface area contributed by atoms with Gasteiger partial charge in [-0.25, -0.2) is 4.79 Å². The van der Waals surface area contributed by atoms with E-state index >= 15 is 0 Å². The lowest BCUT2D eigenvalue weighted by atomic mass is 10.2. The lowest BCUT2D eigenvalue weighted by Gasteiger charge is -2.15. The summed E-state index contributed by atoms with van der Waals surface area (Å²) in [6, 6.07) is 6.75. The molecule has 0 bridgehead atoms. The van der Waals surface area contributed by atoms with Crippen molar-refractivity contribution in [2.75, 3.05) is 18.5 Å². The van der Waals surface area contributed by atoms with Gasteiger partial charge in [-0.1, -0.05) is 6.92 Å². The summed E-state index contributed by atoms with van der Waals surface area (Å²) in [5, 5.41) is 11.8. The molecule has 1 saturated heterocycles. The summed E-state index contributed by atoms with van der Waals surface area (Å²) in [5.74, 6) is -1.22. The zero-order valence-electron chi connectivity index (χ0n) is 13.2. The van der Waals surface area contributed by atoms with Crippen molar-refractivity contribution in [3.63, 3.8) is 0 Å². The molecule has 0 spiro atoms. The number of nitrogens with one attached hydrogen (secondary N) is 1. The van der Waals surface area contributed by atoms with E-state index < -0.39 is 5.97 Å². The lowest BCUT2D eigenvalue weighted by Crippen LogP contribution is -2.20. The smallest absolute Gasteiger partial charge is 0.335 e. The molecule has 0 amide bonds. The van der Waals surface area contributed by atoms with E-state index in [1.807, 2.05) is 20.8 Å². The van der Waals surface area contributed by atoms with Crippen molar-refractivity contribution in [2.45, 2.75) is 46.0 Å². The summed E-state index contributed by atoms with van der Waals surface area (Å²) in [6.07, 6.45) is 1.32. The SMILES string of the molecule is CCCNc1ccc(C(=O)O)cc1.C[C@H]1COC(C)(C)O1. The highest BCUT2D eigenvalue weighted by Gasteiger charge is 2.29. The third kappa shape index (κ3) is 6.60. The number of hydrogen-bond acceptors (Lipinski definition) is 4. The Balaban J connectivity index is 0.000000235. The molecule has 0 saturated carbocycles. The molecule has 0 aliphatic carbocycles. The number of ether oxygens (including phenoxy) is 2. The second-order valence-corrected chi connectivity index (χ2v) is 5.45. The van der Waals surface area contributed by atoms with Crippen molar-refractivity contribution in [2.24, 2.45) is 0 Å². The van der Waals surface area contributed by atoms with E-state index in [1.165, 1.54) is 0 Å². The van der Waals surface area contributed by atoms with E-state index in [1.54, 1.807) is 24.3 Å². The van der Waals surface area contributed by atoms with E-state index in [9.17, 15) is 4.79 Å². The van der Waals surface area contributed by atoms with E-state index in [0.29, 0.717) is 5.56 Å². The number of carbonyl (C=O) groups is 1. The third-order valence-electron chi connectivity index (χ3n) is 2.86. The molecule has 0 aromatic heterocycles. The molecule has 1 aromatic rings. The summed E-state index contributed by atoms with van der Waals surface area (Å²) in [7, 11) is 0. The maximum absolute atomic E-state index is 10.5. The van der Waals surface area contributed by atoms with Crippen molar-refractivity contribution in [1.82, 2.24) is 0 Å². The van der Waals surface area contributed by atoms with Crippen LogP contribution < -0.4 is 5.32 Å². The number of rotatable bonds is 4. The normalized spacial score (nSPS) is 19.5. The average Bonchev–Trinajstić information content (AvgIpc) is 2.75. The largest absolute Gasteiger partial charge is 0.478 e. The number of benzene rings is 1. The first-order chi connectivity index (χ1) is 9.84.